The fraction of sp³-hybridized carbons (Fsp3) is 0.733. The molecule has 0 aliphatic carbocycles. The summed E-state index contributed by atoms with van der Waals surface area (Å²) in [6, 6.07) is -0.309. The predicted octanol–water partition coefficient (Wildman–Crippen LogP) is 0.236. The third-order valence-electron chi connectivity index (χ3n) is 4.77. The molecule has 0 spiro atoms. The van der Waals surface area contributed by atoms with E-state index in [9.17, 15) is 13.2 Å². The van der Waals surface area contributed by atoms with Gasteiger partial charge in [0.15, 0.2) is 9.84 Å². The van der Waals surface area contributed by atoms with Crippen LogP contribution in [-0.4, -0.2) is 77.1 Å². The van der Waals surface area contributed by atoms with Crippen LogP contribution >= 0.6 is 0 Å². The van der Waals surface area contributed by atoms with Crippen molar-refractivity contribution >= 4 is 15.7 Å². The van der Waals surface area contributed by atoms with Gasteiger partial charge in [0.05, 0.1) is 29.3 Å². The predicted molar refractivity (Wildman–Crippen MR) is 87.0 cm³/mol. The van der Waals surface area contributed by atoms with Gasteiger partial charge in [-0.05, 0) is 19.9 Å². The van der Waals surface area contributed by atoms with Gasteiger partial charge in [-0.2, -0.15) is 5.10 Å². The quantitative estimate of drug-likeness (QED) is 0.785. The van der Waals surface area contributed by atoms with Crippen molar-refractivity contribution in [3.63, 3.8) is 0 Å². The van der Waals surface area contributed by atoms with Crippen LogP contribution in [0.2, 0.25) is 0 Å². The SMILES string of the molecule is CCCN1CCN(C(=O)c2cnn(CC)c2)C2CS(=O)(=O)CC21. The maximum atomic E-state index is 12.8. The van der Waals surface area contributed by atoms with Crippen LogP contribution in [0.25, 0.3) is 0 Å². The molecule has 1 aromatic rings. The molecule has 1 aromatic heterocycles. The third kappa shape index (κ3) is 3.14. The van der Waals surface area contributed by atoms with Crippen LogP contribution in [0.15, 0.2) is 12.4 Å². The first-order valence-electron chi connectivity index (χ1n) is 8.23. The summed E-state index contributed by atoms with van der Waals surface area (Å²) in [5.41, 5.74) is 0.541. The Balaban J connectivity index is 1.84. The lowest BCUT2D eigenvalue weighted by Gasteiger charge is -2.43. The smallest absolute Gasteiger partial charge is 0.257 e. The van der Waals surface area contributed by atoms with E-state index >= 15 is 0 Å². The van der Waals surface area contributed by atoms with Crippen LogP contribution in [0.1, 0.15) is 30.6 Å². The Morgan fingerprint density at radius 1 is 1.26 bits per heavy atom. The standard InChI is InChI=1S/C15H24N4O3S/c1-3-5-17-6-7-19(14-11-23(21,22)10-13(14)17)15(20)12-8-16-18(4-2)9-12/h8-9,13-14H,3-7,10-11H2,1-2H3. The summed E-state index contributed by atoms with van der Waals surface area (Å²) >= 11 is 0. The Morgan fingerprint density at radius 2 is 2.00 bits per heavy atom. The van der Waals surface area contributed by atoms with Crippen molar-refractivity contribution in [2.45, 2.75) is 38.9 Å². The molecule has 0 N–H and O–H groups in total. The molecule has 23 heavy (non-hydrogen) atoms. The van der Waals surface area contributed by atoms with E-state index in [1.807, 2.05) is 6.92 Å². The van der Waals surface area contributed by atoms with Crippen LogP contribution in [0.3, 0.4) is 0 Å². The molecule has 1 amide bonds. The maximum absolute atomic E-state index is 12.8. The number of piperazine rings is 1. The van der Waals surface area contributed by atoms with Crippen molar-refractivity contribution in [2.75, 3.05) is 31.1 Å². The molecule has 2 aliphatic rings. The molecule has 0 bridgehead atoms. The summed E-state index contributed by atoms with van der Waals surface area (Å²) in [6.45, 7) is 6.95. The molecule has 2 aliphatic heterocycles. The monoisotopic (exact) mass is 340 g/mol. The topological polar surface area (TPSA) is 75.5 Å². The Bertz CT molecular complexity index is 685. The molecular formula is C15H24N4O3S. The zero-order valence-electron chi connectivity index (χ0n) is 13.7. The largest absolute Gasteiger partial charge is 0.332 e. The van der Waals surface area contributed by atoms with Gasteiger partial charge in [0, 0.05) is 31.9 Å². The molecule has 2 fully saturated rings. The number of rotatable bonds is 4. The molecule has 3 heterocycles. The van der Waals surface area contributed by atoms with Crippen LogP contribution < -0.4 is 0 Å². The highest BCUT2D eigenvalue weighted by atomic mass is 32.2. The van der Waals surface area contributed by atoms with E-state index < -0.39 is 9.84 Å². The lowest BCUT2D eigenvalue weighted by molar-refractivity contribution is 0.0333. The molecule has 2 unspecified atom stereocenters. The number of amides is 1. The van der Waals surface area contributed by atoms with Crippen molar-refractivity contribution < 1.29 is 13.2 Å². The summed E-state index contributed by atoms with van der Waals surface area (Å²) in [5.74, 6) is 0.134. The van der Waals surface area contributed by atoms with E-state index in [-0.39, 0.29) is 29.5 Å². The lowest BCUT2D eigenvalue weighted by Crippen LogP contribution is -2.60. The number of hydrogen-bond donors (Lipinski definition) is 0. The number of fused-ring (bicyclic) bond motifs is 1. The highest BCUT2D eigenvalue weighted by Crippen LogP contribution is 2.28. The number of aromatic nitrogens is 2. The number of carbonyl (C=O) groups excluding carboxylic acids is 1. The van der Waals surface area contributed by atoms with Crippen LogP contribution in [-0.2, 0) is 16.4 Å². The zero-order valence-corrected chi connectivity index (χ0v) is 14.5. The van der Waals surface area contributed by atoms with E-state index in [1.54, 1.807) is 22.0 Å². The van der Waals surface area contributed by atoms with Crippen molar-refractivity contribution in [1.29, 1.82) is 0 Å². The van der Waals surface area contributed by atoms with Gasteiger partial charge in [0.1, 0.15) is 0 Å². The van der Waals surface area contributed by atoms with Gasteiger partial charge in [-0.15, -0.1) is 0 Å². The number of hydrogen-bond acceptors (Lipinski definition) is 5. The van der Waals surface area contributed by atoms with E-state index in [0.717, 1.165) is 19.5 Å². The second-order valence-electron chi connectivity index (χ2n) is 6.33. The summed E-state index contributed by atoms with van der Waals surface area (Å²) in [7, 11) is -3.08. The first-order valence-corrected chi connectivity index (χ1v) is 10.0. The van der Waals surface area contributed by atoms with Gasteiger partial charge in [0.2, 0.25) is 0 Å². The molecule has 2 atom stereocenters. The Morgan fingerprint density at radius 3 is 2.65 bits per heavy atom. The van der Waals surface area contributed by atoms with E-state index in [1.165, 1.54) is 0 Å². The molecule has 2 saturated heterocycles. The van der Waals surface area contributed by atoms with Gasteiger partial charge < -0.3 is 4.90 Å². The molecule has 8 heteroatoms. The first kappa shape index (κ1) is 16.4. The fourth-order valence-electron chi connectivity index (χ4n) is 3.65. The van der Waals surface area contributed by atoms with Crippen molar-refractivity contribution in [2.24, 2.45) is 0 Å². The summed E-state index contributed by atoms with van der Waals surface area (Å²) in [4.78, 5) is 16.8. The van der Waals surface area contributed by atoms with Crippen molar-refractivity contribution in [3.05, 3.63) is 18.0 Å². The van der Waals surface area contributed by atoms with Gasteiger partial charge in [0.25, 0.3) is 5.91 Å². The summed E-state index contributed by atoms with van der Waals surface area (Å²) in [6.07, 6.45) is 4.29. The minimum Gasteiger partial charge on any atom is -0.332 e. The van der Waals surface area contributed by atoms with Crippen LogP contribution in [0.5, 0.6) is 0 Å². The van der Waals surface area contributed by atoms with Gasteiger partial charge in [-0.1, -0.05) is 6.92 Å². The van der Waals surface area contributed by atoms with Crippen LogP contribution in [0, 0.1) is 0 Å². The van der Waals surface area contributed by atoms with Crippen LogP contribution in [0.4, 0.5) is 0 Å². The van der Waals surface area contributed by atoms with Gasteiger partial charge >= 0.3 is 0 Å². The fourth-order valence-corrected chi connectivity index (χ4v) is 5.67. The second kappa shape index (κ2) is 6.24. The maximum Gasteiger partial charge on any atom is 0.257 e. The second-order valence-corrected chi connectivity index (χ2v) is 8.48. The average Bonchev–Trinajstić information content (AvgIpc) is 3.10. The highest BCUT2D eigenvalue weighted by molar-refractivity contribution is 7.91. The average molecular weight is 340 g/mol. The van der Waals surface area contributed by atoms with Crippen molar-refractivity contribution in [1.82, 2.24) is 19.6 Å². The van der Waals surface area contributed by atoms with Gasteiger partial charge in [-0.3, -0.25) is 14.4 Å². The molecule has 0 aromatic carbocycles. The molecule has 3 rings (SSSR count). The van der Waals surface area contributed by atoms with Gasteiger partial charge in [-0.25, -0.2) is 8.42 Å². The lowest BCUT2D eigenvalue weighted by atomic mass is 10.0. The summed E-state index contributed by atoms with van der Waals surface area (Å²) < 4.78 is 26.0. The molecule has 0 saturated carbocycles. The molecule has 0 radical (unpaired) electrons. The van der Waals surface area contributed by atoms with Crippen molar-refractivity contribution in [3.8, 4) is 0 Å². The van der Waals surface area contributed by atoms with E-state index in [4.69, 9.17) is 0 Å². The molecular weight excluding hydrogens is 316 g/mol. The number of aryl methyl sites for hydroxylation is 1. The molecule has 7 nitrogen and oxygen atoms in total. The normalized spacial score (nSPS) is 27.1. The number of nitrogens with zero attached hydrogens (tertiary/aromatic N) is 4. The minimum atomic E-state index is -3.08. The Hall–Kier alpha value is -1.41. The highest BCUT2D eigenvalue weighted by Gasteiger charge is 2.47. The summed E-state index contributed by atoms with van der Waals surface area (Å²) in [5, 5.41) is 4.15. The molecule has 128 valence electrons. The number of carbonyl (C=O) groups is 1. The Labute approximate surface area is 137 Å². The number of sulfone groups is 1. The third-order valence-corrected chi connectivity index (χ3v) is 6.47. The minimum absolute atomic E-state index is 0.0705. The van der Waals surface area contributed by atoms with E-state index in [0.29, 0.717) is 18.7 Å². The first-order chi connectivity index (χ1) is 10.9. The zero-order chi connectivity index (χ0) is 16.6. The van der Waals surface area contributed by atoms with E-state index in [2.05, 4.69) is 16.9 Å². The Kier molecular flexibility index (Phi) is 4.46.